The maximum Gasteiger partial charge on any atom is 0.341 e. The standard InChI is InChI=1S/C16H19N3O6/c20-13-11(16(23)24)10-19-5-4-18(15(22)12(19)14(13)21)3-1-2-17-6-8-25-9-7-17/h4-5,10,21H,1-3,6-9H2,(H,23,24). The second-order valence-electron chi connectivity index (χ2n) is 5.89. The van der Waals surface area contributed by atoms with Crippen molar-refractivity contribution in [3.05, 3.63) is 44.7 Å². The van der Waals surface area contributed by atoms with Crippen LogP contribution in [0.3, 0.4) is 0 Å². The summed E-state index contributed by atoms with van der Waals surface area (Å²) in [5.74, 6) is -2.29. The lowest BCUT2D eigenvalue weighted by Crippen LogP contribution is -2.37. The van der Waals surface area contributed by atoms with Gasteiger partial charge in [0.25, 0.3) is 5.56 Å². The predicted molar refractivity (Wildman–Crippen MR) is 88.4 cm³/mol. The van der Waals surface area contributed by atoms with Crippen LogP contribution in [0.2, 0.25) is 0 Å². The zero-order chi connectivity index (χ0) is 18.0. The van der Waals surface area contributed by atoms with E-state index in [1.165, 1.54) is 21.4 Å². The van der Waals surface area contributed by atoms with Gasteiger partial charge in [-0.3, -0.25) is 14.5 Å². The third kappa shape index (κ3) is 3.42. The van der Waals surface area contributed by atoms with Crippen LogP contribution in [-0.4, -0.2) is 62.9 Å². The van der Waals surface area contributed by atoms with E-state index in [-0.39, 0.29) is 5.52 Å². The molecule has 3 heterocycles. The first-order chi connectivity index (χ1) is 12.0. The summed E-state index contributed by atoms with van der Waals surface area (Å²) < 4.78 is 7.86. The number of morpholine rings is 1. The molecule has 0 radical (unpaired) electrons. The highest BCUT2D eigenvalue weighted by atomic mass is 16.5. The molecule has 2 N–H and O–H groups in total. The van der Waals surface area contributed by atoms with Crippen molar-refractivity contribution in [2.75, 3.05) is 32.8 Å². The first kappa shape index (κ1) is 17.2. The molecule has 9 heteroatoms. The number of hydrogen-bond donors (Lipinski definition) is 2. The van der Waals surface area contributed by atoms with E-state index in [1.54, 1.807) is 0 Å². The lowest BCUT2D eigenvalue weighted by Gasteiger charge is -2.26. The van der Waals surface area contributed by atoms with E-state index in [1.807, 2.05) is 0 Å². The fourth-order valence-corrected chi connectivity index (χ4v) is 2.92. The van der Waals surface area contributed by atoms with Crippen LogP contribution in [0.1, 0.15) is 16.8 Å². The van der Waals surface area contributed by atoms with Crippen molar-refractivity contribution in [2.45, 2.75) is 13.0 Å². The normalized spacial score (nSPS) is 15.5. The number of aromatic hydroxyl groups is 1. The van der Waals surface area contributed by atoms with Crippen molar-refractivity contribution < 1.29 is 19.7 Å². The highest BCUT2D eigenvalue weighted by molar-refractivity contribution is 5.88. The van der Waals surface area contributed by atoms with E-state index >= 15 is 0 Å². The first-order valence-electron chi connectivity index (χ1n) is 8.00. The minimum atomic E-state index is -1.45. The van der Waals surface area contributed by atoms with Gasteiger partial charge in [-0.25, -0.2) is 4.79 Å². The van der Waals surface area contributed by atoms with Gasteiger partial charge in [-0.2, -0.15) is 0 Å². The molecule has 0 bridgehead atoms. The van der Waals surface area contributed by atoms with Gasteiger partial charge >= 0.3 is 5.97 Å². The number of carboxylic acids is 1. The average molecular weight is 349 g/mol. The summed E-state index contributed by atoms with van der Waals surface area (Å²) in [7, 11) is 0. The summed E-state index contributed by atoms with van der Waals surface area (Å²) in [6, 6.07) is 0. The number of carboxylic acid groups (broad SMARTS) is 1. The van der Waals surface area contributed by atoms with E-state index < -0.39 is 28.3 Å². The largest absolute Gasteiger partial charge is 0.503 e. The van der Waals surface area contributed by atoms with Crippen LogP contribution in [-0.2, 0) is 11.3 Å². The number of fused-ring (bicyclic) bond motifs is 1. The van der Waals surface area contributed by atoms with Crippen molar-refractivity contribution in [2.24, 2.45) is 0 Å². The number of nitrogens with zero attached hydrogens (tertiary/aromatic N) is 3. The number of hydrogen-bond acceptors (Lipinski definition) is 6. The molecule has 2 aromatic heterocycles. The van der Waals surface area contributed by atoms with Crippen molar-refractivity contribution in [3.8, 4) is 5.75 Å². The molecule has 0 saturated carbocycles. The molecule has 134 valence electrons. The van der Waals surface area contributed by atoms with Gasteiger partial charge in [0.15, 0.2) is 11.3 Å². The minimum Gasteiger partial charge on any atom is -0.503 e. The van der Waals surface area contributed by atoms with Crippen LogP contribution in [0, 0.1) is 0 Å². The first-order valence-corrected chi connectivity index (χ1v) is 8.00. The molecule has 0 amide bonds. The molecular formula is C16H19N3O6. The molecule has 0 aromatic carbocycles. The average Bonchev–Trinajstić information content (AvgIpc) is 2.60. The number of aromatic carboxylic acids is 1. The number of carbonyl (C=O) groups is 1. The Kier molecular flexibility index (Phi) is 4.86. The highest BCUT2D eigenvalue weighted by Crippen LogP contribution is 2.11. The summed E-state index contributed by atoms with van der Waals surface area (Å²) >= 11 is 0. The lowest BCUT2D eigenvalue weighted by atomic mass is 10.2. The Bertz CT molecular complexity index is 910. The van der Waals surface area contributed by atoms with Crippen molar-refractivity contribution in [3.63, 3.8) is 0 Å². The number of ether oxygens (including phenoxy) is 1. The molecule has 3 rings (SSSR count). The van der Waals surface area contributed by atoms with E-state index in [2.05, 4.69) is 4.90 Å². The zero-order valence-corrected chi connectivity index (χ0v) is 13.6. The zero-order valence-electron chi connectivity index (χ0n) is 13.6. The molecular weight excluding hydrogens is 330 g/mol. The van der Waals surface area contributed by atoms with E-state index in [4.69, 9.17) is 9.84 Å². The molecule has 0 unspecified atom stereocenters. The molecule has 0 spiro atoms. The molecule has 0 atom stereocenters. The van der Waals surface area contributed by atoms with Crippen molar-refractivity contribution in [1.82, 2.24) is 13.9 Å². The Balaban J connectivity index is 1.85. The van der Waals surface area contributed by atoms with Crippen LogP contribution in [0.5, 0.6) is 5.75 Å². The minimum absolute atomic E-state index is 0.219. The second kappa shape index (κ2) is 7.08. The second-order valence-corrected chi connectivity index (χ2v) is 5.89. The van der Waals surface area contributed by atoms with Gasteiger partial charge in [0.1, 0.15) is 5.56 Å². The molecule has 25 heavy (non-hydrogen) atoms. The fourth-order valence-electron chi connectivity index (χ4n) is 2.92. The SMILES string of the molecule is O=C(O)c1cn2ccn(CCCN3CCOCC3)c(=O)c2c(O)c1=O. The van der Waals surface area contributed by atoms with Crippen LogP contribution in [0.15, 0.2) is 28.2 Å². The van der Waals surface area contributed by atoms with E-state index in [0.717, 1.165) is 32.3 Å². The van der Waals surface area contributed by atoms with Gasteiger partial charge in [0.05, 0.1) is 13.2 Å². The van der Waals surface area contributed by atoms with Crippen molar-refractivity contribution in [1.29, 1.82) is 0 Å². The molecule has 1 aliphatic rings. The van der Waals surface area contributed by atoms with Gasteiger partial charge in [-0.15, -0.1) is 0 Å². The summed E-state index contributed by atoms with van der Waals surface area (Å²) in [6.07, 6.45) is 4.74. The van der Waals surface area contributed by atoms with Crippen LogP contribution in [0.25, 0.3) is 5.52 Å². The Labute approximate surface area is 142 Å². The van der Waals surface area contributed by atoms with E-state index in [0.29, 0.717) is 19.8 Å². The predicted octanol–water partition coefficient (Wildman–Crippen LogP) is -0.413. The Hall–Kier alpha value is -2.65. The molecule has 1 aliphatic heterocycles. The third-order valence-corrected chi connectivity index (χ3v) is 4.29. The molecule has 2 aromatic rings. The highest BCUT2D eigenvalue weighted by Gasteiger charge is 2.18. The van der Waals surface area contributed by atoms with Crippen LogP contribution < -0.4 is 11.0 Å². The molecule has 1 fully saturated rings. The Morgan fingerprint density at radius 3 is 2.56 bits per heavy atom. The molecule has 1 saturated heterocycles. The van der Waals surface area contributed by atoms with Crippen LogP contribution >= 0.6 is 0 Å². The van der Waals surface area contributed by atoms with E-state index in [9.17, 15) is 19.5 Å². The molecule has 9 nitrogen and oxygen atoms in total. The van der Waals surface area contributed by atoms with Gasteiger partial charge in [0.2, 0.25) is 5.43 Å². The summed E-state index contributed by atoms with van der Waals surface area (Å²) in [4.78, 5) is 37.7. The third-order valence-electron chi connectivity index (χ3n) is 4.29. The lowest BCUT2D eigenvalue weighted by molar-refractivity contribution is 0.0369. The fraction of sp³-hybridized carbons (Fsp3) is 0.438. The summed E-state index contributed by atoms with van der Waals surface area (Å²) in [5, 5.41) is 19.0. The molecule has 0 aliphatic carbocycles. The Morgan fingerprint density at radius 2 is 1.88 bits per heavy atom. The summed E-state index contributed by atoms with van der Waals surface area (Å²) in [5.41, 5.74) is -2.39. The summed E-state index contributed by atoms with van der Waals surface area (Å²) in [6.45, 7) is 4.39. The van der Waals surface area contributed by atoms with Gasteiger partial charge in [-0.1, -0.05) is 0 Å². The topological polar surface area (TPSA) is 113 Å². The van der Waals surface area contributed by atoms with Crippen molar-refractivity contribution >= 4 is 11.5 Å². The number of aryl methyl sites for hydroxylation is 1. The van der Waals surface area contributed by atoms with Crippen LogP contribution in [0.4, 0.5) is 0 Å². The Morgan fingerprint density at radius 1 is 1.16 bits per heavy atom. The number of aromatic nitrogens is 2. The maximum atomic E-state index is 12.5. The maximum absolute atomic E-state index is 12.5. The number of pyridine rings is 1. The van der Waals surface area contributed by atoms with Gasteiger partial charge < -0.3 is 23.9 Å². The smallest absolute Gasteiger partial charge is 0.341 e. The number of rotatable bonds is 5. The monoisotopic (exact) mass is 349 g/mol. The quantitative estimate of drug-likeness (QED) is 0.754. The van der Waals surface area contributed by atoms with Gasteiger partial charge in [-0.05, 0) is 6.42 Å². The van der Waals surface area contributed by atoms with Gasteiger partial charge in [0, 0.05) is 44.8 Å².